The van der Waals surface area contributed by atoms with Crippen molar-refractivity contribution in [2.24, 2.45) is 0 Å². The molecule has 1 aliphatic carbocycles. The maximum absolute atomic E-state index is 12.2. The average Bonchev–Trinajstić information content (AvgIpc) is 2.44. The molecule has 0 atom stereocenters. The van der Waals surface area contributed by atoms with Crippen LogP contribution in [-0.2, 0) is 25.7 Å². The maximum Gasteiger partial charge on any atom is 0.339 e. The third-order valence-corrected chi connectivity index (χ3v) is 4.17. The lowest BCUT2D eigenvalue weighted by atomic mass is 9.86. The predicted octanol–water partition coefficient (Wildman–Crippen LogP) is 4.20. The predicted molar refractivity (Wildman–Crippen MR) is 78.8 cm³/mol. The maximum atomic E-state index is 12.2. The van der Waals surface area contributed by atoms with Crippen molar-refractivity contribution >= 4 is 0 Å². The lowest BCUT2D eigenvalue weighted by Gasteiger charge is -2.21. The van der Waals surface area contributed by atoms with Crippen molar-refractivity contribution in [2.45, 2.75) is 78.1 Å². The minimum atomic E-state index is -0.0554. The minimum Gasteiger partial charge on any atom is -0.427 e. The van der Waals surface area contributed by atoms with Gasteiger partial charge in [-0.15, -0.1) is 0 Å². The standard InChI is InChI=1S/C17H26O2/c1-3-5-9-15-13-10-7-8-11-14(13)16(12-6-4-2)19-17(15)18/h3-12H2,1-2H3. The van der Waals surface area contributed by atoms with Crippen LogP contribution in [0.3, 0.4) is 0 Å². The normalized spacial score (nSPS) is 14.4. The van der Waals surface area contributed by atoms with Crippen LogP contribution >= 0.6 is 0 Å². The second kappa shape index (κ2) is 6.93. The van der Waals surface area contributed by atoms with Gasteiger partial charge in [0.2, 0.25) is 0 Å². The zero-order chi connectivity index (χ0) is 13.7. The van der Waals surface area contributed by atoms with Gasteiger partial charge < -0.3 is 4.42 Å². The van der Waals surface area contributed by atoms with Crippen LogP contribution in [0.4, 0.5) is 0 Å². The van der Waals surface area contributed by atoms with Crippen LogP contribution in [0.15, 0.2) is 9.21 Å². The third kappa shape index (κ3) is 3.29. The van der Waals surface area contributed by atoms with Crippen LogP contribution in [0, 0.1) is 0 Å². The highest BCUT2D eigenvalue weighted by Crippen LogP contribution is 2.27. The van der Waals surface area contributed by atoms with Gasteiger partial charge in [0.15, 0.2) is 0 Å². The van der Waals surface area contributed by atoms with E-state index in [9.17, 15) is 4.79 Å². The van der Waals surface area contributed by atoms with Crippen LogP contribution in [0.25, 0.3) is 0 Å². The first-order chi connectivity index (χ1) is 9.27. The third-order valence-electron chi connectivity index (χ3n) is 4.17. The molecule has 0 bridgehead atoms. The second-order valence-electron chi connectivity index (χ2n) is 5.66. The quantitative estimate of drug-likeness (QED) is 0.769. The van der Waals surface area contributed by atoms with Crippen molar-refractivity contribution in [3.05, 3.63) is 32.9 Å². The van der Waals surface area contributed by atoms with E-state index < -0.39 is 0 Å². The van der Waals surface area contributed by atoms with Gasteiger partial charge in [-0.1, -0.05) is 26.7 Å². The molecule has 0 saturated heterocycles. The van der Waals surface area contributed by atoms with E-state index in [0.29, 0.717) is 0 Å². The molecule has 19 heavy (non-hydrogen) atoms. The molecule has 0 N–H and O–H groups in total. The first-order valence-corrected chi connectivity index (χ1v) is 7.94. The molecule has 106 valence electrons. The fourth-order valence-electron chi connectivity index (χ4n) is 3.05. The summed E-state index contributed by atoms with van der Waals surface area (Å²) in [7, 11) is 0. The molecule has 0 radical (unpaired) electrons. The molecular formula is C17H26O2. The Hall–Kier alpha value is -1.05. The zero-order valence-electron chi connectivity index (χ0n) is 12.4. The van der Waals surface area contributed by atoms with E-state index in [-0.39, 0.29) is 5.63 Å². The minimum absolute atomic E-state index is 0.0554. The summed E-state index contributed by atoms with van der Waals surface area (Å²) >= 11 is 0. The molecule has 1 aromatic rings. The Kier molecular flexibility index (Phi) is 5.24. The molecule has 0 aromatic carbocycles. The monoisotopic (exact) mass is 262 g/mol. The van der Waals surface area contributed by atoms with Crippen LogP contribution in [0.1, 0.15) is 74.8 Å². The second-order valence-corrected chi connectivity index (χ2v) is 5.66. The molecule has 0 unspecified atom stereocenters. The number of aryl methyl sites for hydroxylation is 1. The smallest absolute Gasteiger partial charge is 0.339 e. The zero-order valence-corrected chi connectivity index (χ0v) is 12.4. The van der Waals surface area contributed by atoms with Crippen molar-refractivity contribution in [2.75, 3.05) is 0 Å². The Balaban J connectivity index is 2.38. The topological polar surface area (TPSA) is 30.2 Å². The van der Waals surface area contributed by atoms with Gasteiger partial charge in [-0.3, -0.25) is 0 Å². The Morgan fingerprint density at radius 3 is 2.26 bits per heavy atom. The van der Waals surface area contributed by atoms with Crippen molar-refractivity contribution in [3.63, 3.8) is 0 Å². The highest BCUT2D eigenvalue weighted by Gasteiger charge is 2.21. The first-order valence-electron chi connectivity index (χ1n) is 7.94. The van der Waals surface area contributed by atoms with Gasteiger partial charge in [-0.05, 0) is 56.1 Å². The Morgan fingerprint density at radius 2 is 1.58 bits per heavy atom. The number of fused-ring (bicyclic) bond motifs is 1. The Bertz CT molecular complexity index is 471. The van der Waals surface area contributed by atoms with Crippen LogP contribution < -0.4 is 5.63 Å². The molecule has 0 fully saturated rings. The molecular weight excluding hydrogens is 236 g/mol. The van der Waals surface area contributed by atoms with Gasteiger partial charge in [0.05, 0.1) is 0 Å². The SMILES string of the molecule is CCCCc1oc(=O)c(CCCC)c2c1CCCC2. The van der Waals surface area contributed by atoms with E-state index in [4.69, 9.17) is 4.42 Å². The molecule has 0 saturated carbocycles. The summed E-state index contributed by atoms with van der Waals surface area (Å²) in [6, 6.07) is 0. The van der Waals surface area contributed by atoms with Gasteiger partial charge in [-0.2, -0.15) is 0 Å². The average molecular weight is 262 g/mol. The highest BCUT2D eigenvalue weighted by atomic mass is 16.4. The summed E-state index contributed by atoms with van der Waals surface area (Å²) in [5.74, 6) is 0.988. The van der Waals surface area contributed by atoms with Crippen molar-refractivity contribution in [3.8, 4) is 0 Å². The van der Waals surface area contributed by atoms with Crippen molar-refractivity contribution < 1.29 is 4.42 Å². The van der Waals surface area contributed by atoms with E-state index in [0.717, 1.165) is 62.7 Å². The van der Waals surface area contributed by atoms with E-state index >= 15 is 0 Å². The lowest BCUT2D eigenvalue weighted by Crippen LogP contribution is -2.19. The Morgan fingerprint density at radius 1 is 0.947 bits per heavy atom. The number of unbranched alkanes of at least 4 members (excludes halogenated alkanes) is 2. The molecule has 1 aromatic heterocycles. The van der Waals surface area contributed by atoms with E-state index in [1.807, 2.05) is 0 Å². The largest absolute Gasteiger partial charge is 0.427 e. The molecule has 0 amide bonds. The summed E-state index contributed by atoms with van der Waals surface area (Å²) in [5, 5.41) is 0. The lowest BCUT2D eigenvalue weighted by molar-refractivity contribution is 0.427. The van der Waals surface area contributed by atoms with Crippen LogP contribution in [0.5, 0.6) is 0 Å². The van der Waals surface area contributed by atoms with E-state index in [1.165, 1.54) is 24.0 Å². The fraction of sp³-hybridized carbons (Fsp3) is 0.706. The van der Waals surface area contributed by atoms with Gasteiger partial charge in [0, 0.05) is 12.0 Å². The van der Waals surface area contributed by atoms with Crippen molar-refractivity contribution in [1.82, 2.24) is 0 Å². The number of rotatable bonds is 6. The van der Waals surface area contributed by atoms with Gasteiger partial charge in [0.25, 0.3) is 0 Å². The summed E-state index contributed by atoms with van der Waals surface area (Å²) < 4.78 is 5.65. The van der Waals surface area contributed by atoms with E-state index in [2.05, 4.69) is 13.8 Å². The number of hydrogen-bond donors (Lipinski definition) is 0. The van der Waals surface area contributed by atoms with Gasteiger partial charge in [-0.25, -0.2) is 4.79 Å². The van der Waals surface area contributed by atoms with Crippen LogP contribution in [-0.4, -0.2) is 0 Å². The molecule has 2 rings (SSSR count). The summed E-state index contributed by atoms with van der Waals surface area (Å²) in [6.45, 7) is 4.35. The first kappa shape index (κ1) is 14.4. The van der Waals surface area contributed by atoms with Gasteiger partial charge in [0.1, 0.15) is 5.76 Å². The Labute approximate surface area is 116 Å². The molecule has 0 aliphatic heterocycles. The van der Waals surface area contributed by atoms with E-state index in [1.54, 1.807) is 0 Å². The van der Waals surface area contributed by atoms with Crippen LogP contribution in [0.2, 0.25) is 0 Å². The molecule has 1 heterocycles. The summed E-state index contributed by atoms with van der Waals surface area (Å²) in [4.78, 5) is 12.2. The molecule has 1 aliphatic rings. The highest BCUT2D eigenvalue weighted by molar-refractivity contribution is 5.37. The summed E-state index contributed by atoms with van der Waals surface area (Å²) in [6.07, 6.45) is 11.0. The summed E-state index contributed by atoms with van der Waals surface area (Å²) in [5.41, 5.74) is 3.66. The van der Waals surface area contributed by atoms with Gasteiger partial charge >= 0.3 is 5.63 Å². The molecule has 0 spiro atoms. The molecule has 2 heteroatoms. The number of hydrogen-bond acceptors (Lipinski definition) is 2. The van der Waals surface area contributed by atoms with Crippen molar-refractivity contribution in [1.29, 1.82) is 0 Å². The molecule has 2 nitrogen and oxygen atoms in total. The fourth-order valence-corrected chi connectivity index (χ4v) is 3.05.